The lowest BCUT2D eigenvalue weighted by atomic mass is 9.92. The third kappa shape index (κ3) is 3.19. The average molecular weight is 290 g/mol. The monoisotopic (exact) mass is 290 g/mol. The van der Waals surface area contributed by atoms with E-state index >= 15 is 0 Å². The Morgan fingerprint density at radius 1 is 1.24 bits per heavy atom. The van der Waals surface area contributed by atoms with Crippen molar-refractivity contribution in [1.82, 2.24) is 14.9 Å². The van der Waals surface area contributed by atoms with E-state index in [0.29, 0.717) is 12.6 Å². The van der Waals surface area contributed by atoms with Crippen LogP contribution in [0, 0.1) is 19.8 Å². The molecule has 0 amide bonds. The standard InChI is InChI=1S/C16H26N4O/c1-12-9-17-13(2)16(18-12)20-10-15(11-20)19-6-3-14(4-7-19)5-8-21/h9,14-15,21H,3-8,10-11H2,1-2H3. The van der Waals surface area contributed by atoms with E-state index in [1.54, 1.807) is 0 Å². The summed E-state index contributed by atoms with van der Waals surface area (Å²) in [4.78, 5) is 14.0. The van der Waals surface area contributed by atoms with Crippen molar-refractivity contribution in [3.63, 3.8) is 0 Å². The first-order valence-corrected chi connectivity index (χ1v) is 8.07. The van der Waals surface area contributed by atoms with Gasteiger partial charge in [0, 0.05) is 31.9 Å². The second-order valence-corrected chi connectivity index (χ2v) is 6.47. The lowest BCUT2D eigenvalue weighted by Gasteiger charge is -2.48. The molecule has 0 unspecified atom stereocenters. The number of aliphatic hydroxyl groups excluding tert-OH is 1. The molecule has 116 valence electrons. The summed E-state index contributed by atoms with van der Waals surface area (Å²) in [6, 6.07) is 0.668. The van der Waals surface area contributed by atoms with Gasteiger partial charge in [0.1, 0.15) is 5.82 Å². The van der Waals surface area contributed by atoms with Crippen LogP contribution in [0.25, 0.3) is 0 Å². The Kier molecular flexibility index (Phi) is 4.40. The van der Waals surface area contributed by atoms with E-state index in [1.165, 1.54) is 25.9 Å². The smallest absolute Gasteiger partial charge is 0.150 e. The van der Waals surface area contributed by atoms with Gasteiger partial charge in [-0.2, -0.15) is 0 Å². The topological polar surface area (TPSA) is 52.5 Å². The van der Waals surface area contributed by atoms with Crippen LogP contribution in [0.15, 0.2) is 6.20 Å². The van der Waals surface area contributed by atoms with Crippen molar-refractivity contribution < 1.29 is 5.11 Å². The molecule has 2 aliphatic heterocycles. The van der Waals surface area contributed by atoms with E-state index in [0.717, 1.165) is 42.6 Å². The van der Waals surface area contributed by atoms with Gasteiger partial charge in [0.25, 0.3) is 0 Å². The summed E-state index contributed by atoms with van der Waals surface area (Å²) in [6.45, 7) is 8.89. The number of hydrogen-bond acceptors (Lipinski definition) is 5. The largest absolute Gasteiger partial charge is 0.396 e. The van der Waals surface area contributed by atoms with Crippen molar-refractivity contribution in [1.29, 1.82) is 0 Å². The van der Waals surface area contributed by atoms with E-state index in [1.807, 2.05) is 20.0 Å². The van der Waals surface area contributed by atoms with E-state index in [2.05, 4.69) is 19.8 Å². The normalized spacial score (nSPS) is 21.6. The fraction of sp³-hybridized carbons (Fsp3) is 0.750. The van der Waals surface area contributed by atoms with Gasteiger partial charge in [-0.05, 0) is 52.1 Å². The molecular formula is C16H26N4O. The molecule has 0 aromatic carbocycles. The number of aryl methyl sites for hydroxylation is 2. The molecule has 0 saturated carbocycles. The van der Waals surface area contributed by atoms with Gasteiger partial charge in [0.05, 0.1) is 11.4 Å². The zero-order valence-electron chi connectivity index (χ0n) is 13.1. The Morgan fingerprint density at radius 2 is 1.95 bits per heavy atom. The molecule has 21 heavy (non-hydrogen) atoms. The number of hydrogen-bond donors (Lipinski definition) is 1. The minimum atomic E-state index is 0.340. The Bertz CT molecular complexity index is 479. The van der Waals surface area contributed by atoms with E-state index in [9.17, 15) is 0 Å². The Morgan fingerprint density at radius 3 is 2.62 bits per heavy atom. The van der Waals surface area contributed by atoms with Gasteiger partial charge in [-0.3, -0.25) is 9.88 Å². The third-order valence-corrected chi connectivity index (χ3v) is 4.92. The molecule has 1 aromatic heterocycles. The van der Waals surface area contributed by atoms with Crippen molar-refractivity contribution >= 4 is 5.82 Å². The Hall–Kier alpha value is -1.20. The molecule has 0 bridgehead atoms. The maximum Gasteiger partial charge on any atom is 0.150 e. The Labute approximate surface area is 127 Å². The van der Waals surface area contributed by atoms with Crippen LogP contribution >= 0.6 is 0 Å². The van der Waals surface area contributed by atoms with Crippen LogP contribution in [-0.4, -0.2) is 58.8 Å². The molecule has 0 atom stereocenters. The first-order valence-electron chi connectivity index (χ1n) is 8.07. The summed E-state index contributed by atoms with van der Waals surface area (Å²) in [5.74, 6) is 1.79. The van der Waals surface area contributed by atoms with Gasteiger partial charge < -0.3 is 10.0 Å². The van der Waals surface area contributed by atoms with Gasteiger partial charge in [0.2, 0.25) is 0 Å². The number of anilines is 1. The quantitative estimate of drug-likeness (QED) is 0.908. The van der Waals surface area contributed by atoms with Crippen molar-refractivity contribution in [3.05, 3.63) is 17.6 Å². The van der Waals surface area contributed by atoms with E-state index < -0.39 is 0 Å². The van der Waals surface area contributed by atoms with Crippen molar-refractivity contribution in [2.24, 2.45) is 5.92 Å². The average Bonchev–Trinajstić information content (AvgIpc) is 2.43. The van der Waals surface area contributed by atoms with Crippen LogP contribution in [0.5, 0.6) is 0 Å². The summed E-state index contributed by atoms with van der Waals surface area (Å²) in [6.07, 6.45) is 5.28. The minimum Gasteiger partial charge on any atom is -0.396 e. The number of rotatable bonds is 4. The summed E-state index contributed by atoms with van der Waals surface area (Å²) in [7, 11) is 0. The number of likely N-dealkylation sites (tertiary alicyclic amines) is 1. The van der Waals surface area contributed by atoms with Gasteiger partial charge in [0.15, 0.2) is 0 Å². The highest BCUT2D eigenvalue weighted by Gasteiger charge is 2.35. The molecule has 0 spiro atoms. The Balaban J connectivity index is 1.51. The SMILES string of the molecule is Cc1cnc(C)c(N2CC(N3CCC(CCO)CC3)C2)n1. The number of aliphatic hydroxyl groups is 1. The highest BCUT2D eigenvalue weighted by Crippen LogP contribution is 2.28. The molecule has 5 nitrogen and oxygen atoms in total. The minimum absolute atomic E-state index is 0.340. The van der Waals surface area contributed by atoms with Crippen molar-refractivity contribution in [3.8, 4) is 0 Å². The fourth-order valence-electron chi connectivity index (χ4n) is 3.47. The zero-order valence-corrected chi connectivity index (χ0v) is 13.1. The van der Waals surface area contributed by atoms with Gasteiger partial charge in [-0.1, -0.05) is 0 Å². The maximum atomic E-state index is 9.03. The van der Waals surface area contributed by atoms with Crippen LogP contribution in [0.1, 0.15) is 30.7 Å². The fourth-order valence-corrected chi connectivity index (χ4v) is 3.47. The van der Waals surface area contributed by atoms with Gasteiger partial charge >= 0.3 is 0 Å². The maximum absolute atomic E-state index is 9.03. The lowest BCUT2D eigenvalue weighted by Crippen LogP contribution is -2.61. The van der Waals surface area contributed by atoms with Crippen LogP contribution < -0.4 is 4.90 Å². The van der Waals surface area contributed by atoms with Crippen molar-refractivity contribution in [2.75, 3.05) is 37.7 Å². The number of nitrogens with zero attached hydrogens (tertiary/aromatic N) is 4. The van der Waals surface area contributed by atoms with E-state index in [4.69, 9.17) is 5.11 Å². The molecule has 0 radical (unpaired) electrons. The van der Waals surface area contributed by atoms with Crippen LogP contribution in [0.4, 0.5) is 5.82 Å². The molecule has 1 aromatic rings. The van der Waals surface area contributed by atoms with Crippen molar-refractivity contribution in [2.45, 2.75) is 39.2 Å². The molecule has 5 heteroatoms. The number of aromatic nitrogens is 2. The second kappa shape index (κ2) is 6.28. The first kappa shape index (κ1) is 14.7. The second-order valence-electron chi connectivity index (χ2n) is 6.47. The molecule has 1 N–H and O–H groups in total. The van der Waals surface area contributed by atoms with E-state index in [-0.39, 0.29) is 0 Å². The highest BCUT2D eigenvalue weighted by molar-refractivity contribution is 5.46. The van der Waals surface area contributed by atoms with Crippen LogP contribution in [0.3, 0.4) is 0 Å². The highest BCUT2D eigenvalue weighted by atomic mass is 16.3. The van der Waals surface area contributed by atoms with Gasteiger partial charge in [-0.15, -0.1) is 0 Å². The van der Waals surface area contributed by atoms with Crippen LogP contribution in [-0.2, 0) is 0 Å². The molecule has 2 aliphatic rings. The molecule has 0 aliphatic carbocycles. The lowest BCUT2D eigenvalue weighted by molar-refractivity contribution is 0.102. The predicted octanol–water partition coefficient (Wildman–Crippen LogP) is 1.38. The number of piperidine rings is 1. The summed E-state index contributed by atoms with van der Waals surface area (Å²) in [5, 5.41) is 9.03. The summed E-state index contributed by atoms with van der Waals surface area (Å²) < 4.78 is 0. The van der Waals surface area contributed by atoms with Crippen LogP contribution in [0.2, 0.25) is 0 Å². The molecule has 3 rings (SSSR count). The summed E-state index contributed by atoms with van der Waals surface area (Å²) in [5.41, 5.74) is 2.02. The molecule has 2 saturated heterocycles. The molecule has 2 fully saturated rings. The zero-order chi connectivity index (χ0) is 14.8. The van der Waals surface area contributed by atoms with Gasteiger partial charge in [-0.25, -0.2) is 4.98 Å². The molecule has 3 heterocycles. The predicted molar refractivity (Wildman–Crippen MR) is 83.5 cm³/mol. The molecular weight excluding hydrogens is 264 g/mol. The summed E-state index contributed by atoms with van der Waals surface area (Å²) >= 11 is 0. The first-order chi connectivity index (χ1) is 10.2. The third-order valence-electron chi connectivity index (χ3n) is 4.92.